The number of nitrogens with zero attached hydrogens (tertiary/aromatic N) is 3. The normalized spacial score (nSPS) is 12.5. The van der Waals surface area contributed by atoms with Crippen LogP contribution >= 0.6 is 23.2 Å². The Morgan fingerprint density at radius 1 is 1.03 bits per heavy atom. The van der Waals surface area contributed by atoms with Crippen molar-refractivity contribution < 1.29 is 9.53 Å². The second-order valence-corrected chi connectivity index (χ2v) is 8.36. The van der Waals surface area contributed by atoms with E-state index in [1.807, 2.05) is 54.6 Å². The molecular weight excluding hydrogens is 471 g/mol. The number of ether oxygens (including phenoxy) is 1. The smallest absolute Gasteiger partial charge is 0.412 e. The molecule has 4 rings (SSSR count). The minimum Gasteiger partial charge on any atom is -0.439 e. The number of carbonyl (C=O) groups excluding carboxylic acids is 1. The van der Waals surface area contributed by atoms with Gasteiger partial charge in [-0.2, -0.15) is 0 Å². The molecule has 6 nitrogen and oxygen atoms in total. The van der Waals surface area contributed by atoms with Crippen molar-refractivity contribution in [3.05, 3.63) is 119 Å². The number of nitrogens with one attached hydrogen (secondary N) is 1. The SMILES string of the molecule is C=CCC(c1ccc(Cl)c(Cl)c1)[C@H](OC(=O)Nc1ccccc1)c1cn(-c2ccccc2)nn1. The van der Waals surface area contributed by atoms with E-state index in [9.17, 15) is 4.79 Å². The van der Waals surface area contributed by atoms with E-state index in [0.29, 0.717) is 27.8 Å². The lowest BCUT2D eigenvalue weighted by molar-refractivity contribution is 0.0906. The van der Waals surface area contributed by atoms with Crippen LogP contribution in [0.15, 0.2) is 97.7 Å². The third-order valence-electron chi connectivity index (χ3n) is 5.24. The summed E-state index contributed by atoms with van der Waals surface area (Å²) in [5, 5.41) is 12.2. The highest BCUT2D eigenvalue weighted by atomic mass is 35.5. The molecule has 1 heterocycles. The van der Waals surface area contributed by atoms with E-state index in [1.165, 1.54) is 0 Å². The molecule has 0 spiro atoms. The van der Waals surface area contributed by atoms with Crippen LogP contribution in [0.1, 0.15) is 29.7 Å². The molecule has 1 unspecified atom stereocenters. The summed E-state index contributed by atoms with van der Waals surface area (Å²) in [5.74, 6) is -0.324. The van der Waals surface area contributed by atoms with E-state index in [-0.39, 0.29) is 5.92 Å². The summed E-state index contributed by atoms with van der Waals surface area (Å²) in [6.45, 7) is 3.89. The van der Waals surface area contributed by atoms with Gasteiger partial charge in [-0.1, -0.05) is 77.0 Å². The molecule has 0 radical (unpaired) electrons. The molecule has 0 bridgehead atoms. The molecule has 0 aliphatic carbocycles. The molecule has 1 amide bonds. The maximum atomic E-state index is 12.9. The quantitative estimate of drug-likeness (QED) is 0.263. The molecule has 0 saturated heterocycles. The van der Waals surface area contributed by atoms with Gasteiger partial charge in [0.25, 0.3) is 0 Å². The largest absolute Gasteiger partial charge is 0.439 e. The number of para-hydroxylation sites is 2. The predicted molar refractivity (Wildman–Crippen MR) is 135 cm³/mol. The summed E-state index contributed by atoms with van der Waals surface area (Å²) in [5.41, 5.74) is 2.78. The highest BCUT2D eigenvalue weighted by Gasteiger charge is 2.31. The van der Waals surface area contributed by atoms with Crippen LogP contribution in [0.4, 0.5) is 10.5 Å². The van der Waals surface area contributed by atoms with Crippen molar-refractivity contribution in [1.29, 1.82) is 0 Å². The standard InChI is InChI=1S/C26H22Cl2N4O2/c1-2-9-21(18-14-15-22(27)23(28)16-18)25(34-26(33)29-19-10-5-3-6-11-19)24-17-32(31-30-24)20-12-7-4-8-13-20/h2-8,10-17,21,25H,1,9H2,(H,29,33)/t21?,25-/m0/s1. The lowest BCUT2D eigenvalue weighted by Crippen LogP contribution is -2.22. The number of rotatable bonds is 8. The van der Waals surface area contributed by atoms with Crippen LogP contribution in [0.2, 0.25) is 10.0 Å². The zero-order chi connectivity index (χ0) is 23.9. The minimum atomic E-state index is -0.767. The molecule has 1 aromatic heterocycles. The van der Waals surface area contributed by atoms with Crippen LogP contribution in [-0.2, 0) is 4.74 Å². The molecular formula is C26H22Cl2N4O2. The molecule has 34 heavy (non-hydrogen) atoms. The third kappa shape index (κ3) is 5.65. The first kappa shape index (κ1) is 23.5. The summed E-state index contributed by atoms with van der Waals surface area (Å²) in [4.78, 5) is 12.9. The van der Waals surface area contributed by atoms with Crippen LogP contribution in [0.5, 0.6) is 0 Å². The van der Waals surface area contributed by atoms with Crippen molar-refractivity contribution in [2.24, 2.45) is 0 Å². The van der Waals surface area contributed by atoms with Crippen LogP contribution in [0.25, 0.3) is 5.69 Å². The fourth-order valence-electron chi connectivity index (χ4n) is 3.60. The third-order valence-corrected chi connectivity index (χ3v) is 5.97. The predicted octanol–water partition coefficient (Wildman–Crippen LogP) is 7.22. The minimum absolute atomic E-state index is 0.324. The molecule has 3 aromatic carbocycles. The molecule has 1 N–H and O–H groups in total. The number of amides is 1. The first-order chi connectivity index (χ1) is 16.5. The zero-order valence-corrected chi connectivity index (χ0v) is 19.7. The molecule has 0 saturated carbocycles. The molecule has 172 valence electrons. The van der Waals surface area contributed by atoms with Crippen molar-refractivity contribution in [3.63, 3.8) is 0 Å². The van der Waals surface area contributed by atoms with Gasteiger partial charge in [-0.25, -0.2) is 9.48 Å². The monoisotopic (exact) mass is 492 g/mol. The molecule has 0 fully saturated rings. The van der Waals surface area contributed by atoms with Gasteiger partial charge in [0, 0.05) is 11.6 Å². The number of allylic oxidation sites excluding steroid dienone is 1. The van der Waals surface area contributed by atoms with Gasteiger partial charge < -0.3 is 4.74 Å². The summed E-state index contributed by atoms with van der Waals surface area (Å²) in [6, 6.07) is 24.0. The van der Waals surface area contributed by atoms with E-state index in [4.69, 9.17) is 27.9 Å². The highest BCUT2D eigenvalue weighted by Crippen LogP contribution is 2.38. The number of benzene rings is 3. The van der Waals surface area contributed by atoms with E-state index in [1.54, 1.807) is 41.2 Å². The van der Waals surface area contributed by atoms with Crippen LogP contribution in [-0.4, -0.2) is 21.1 Å². The van der Waals surface area contributed by atoms with Gasteiger partial charge in [0.2, 0.25) is 0 Å². The molecule has 0 aliphatic heterocycles. The second kappa shape index (κ2) is 11.0. The van der Waals surface area contributed by atoms with Gasteiger partial charge in [0.1, 0.15) is 5.69 Å². The van der Waals surface area contributed by atoms with E-state index in [0.717, 1.165) is 11.3 Å². The lowest BCUT2D eigenvalue weighted by Gasteiger charge is -2.25. The van der Waals surface area contributed by atoms with Crippen molar-refractivity contribution in [2.45, 2.75) is 18.4 Å². The van der Waals surface area contributed by atoms with Gasteiger partial charge >= 0.3 is 6.09 Å². The van der Waals surface area contributed by atoms with Gasteiger partial charge in [-0.3, -0.25) is 5.32 Å². The van der Waals surface area contributed by atoms with Crippen molar-refractivity contribution in [3.8, 4) is 5.69 Å². The summed E-state index contributed by atoms with van der Waals surface area (Å²) in [7, 11) is 0. The topological polar surface area (TPSA) is 69.0 Å². The Morgan fingerprint density at radius 2 is 1.74 bits per heavy atom. The number of aromatic nitrogens is 3. The maximum absolute atomic E-state index is 12.9. The molecule has 2 atom stereocenters. The average molecular weight is 493 g/mol. The summed E-state index contributed by atoms with van der Waals surface area (Å²) >= 11 is 12.4. The molecule has 8 heteroatoms. The van der Waals surface area contributed by atoms with Crippen molar-refractivity contribution in [2.75, 3.05) is 5.32 Å². The Kier molecular flexibility index (Phi) is 7.62. The number of anilines is 1. The Labute approximate surface area is 207 Å². The number of hydrogen-bond acceptors (Lipinski definition) is 4. The average Bonchev–Trinajstić information content (AvgIpc) is 3.34. The maximum Gasteiger partial charge on any atom is 0.412 e. The highest BCUT2D eigenvalue weighted by molar-refractivity contribution is 6.42. The number of carbonyl (C=O) groups is 1. The Hall–Kier alpha value is -3.61. The fraction of sp³-hybridized carbons (Fsp3) is 0.115. The van der Waals surface area contributed by atoms with Crippen LogP contribution < -0.4 is 5.32 Å². The fourth-order valence-corrected chi connectivity index (χ4v) is 3.91. The van der Waals surface area contributed by atoms with Crippen molar-refractivity contribution >= 4 is 35.0 Å². The Balaban J connectivity index is 1.70. The second-order valence-electron chi connectivity index (χ2n) is 7.54. The number of halogens is 2. The summed E-state index contributed by atoms with van der Waals surface area (Å²) < 4.78 is 7.58. The Morgan fingerprint density at radius 3 is 2.41 bits per heavy atom. The zero-order valence-electron chi connectivity index (χ0n) is 18.1. The summed E-state index contributed by atoms with van der Waals surface area (Å²) in [6.07, 6.45) is 2.64. The van der Waals surface area contributed by atoms with E-state index in [2.05, 4.69) is 22.2 Å². The number of hydrogen-bond donors (Lipinski definition) is 1. The van der Waals surface area contributed by atoms with Gasteiger partial charge in [-0.05, 0) is 48.4 Å². The van der Waals surface area contributed by atoms with Crippen molar-refractivity contribution in [1.82, 2.24) is 15.0 Å². The first-order valence-electron chi connectivity index (χ1n) is 10.6. The van der Waals surface area contributed by atoms with Gasteiger partial charge in [0.05, 0.1) is 21.9 Å². The van der Waals surface area contributed by atoms with Crippen LogP contribution in [0.3, 0.4) is 0 Å². The van der Waals surface area contributed by atoms with Gasteiger partial charge in [-0.15, -0.1) is 11.7 Å². The van der Waals surface area contributed by atoms with Crippen LogP contribution in [0, 0.1) is 0 Å². The molecule has 0 aliphatic rings. The Bertz CT molecular complexity index is 1260. The first-order valence-corrected chi connectivity index (χ1v) is 11.4. The van der Waals surface area contributed by atoms with E-state index < -0.39 is 12.2 Å². The lowest BCUT2D eigenvalue weighted by atomic mass is 9.88. The molecule has 4 aromatic rings. The van der Waals surface area contributed by atoms with Gasteiger partial charge in [0.15, 0.2) is 6.10 Å². The van der Waals surface area contributed by atoms with E-state index >= 15 is 0 Å².